The first-order chi connectivity index (χ1) is 9.91. The molecule has 0 bridgehead atoms. The molecule has 3 heterocycles. The first-order valence-corrected chi connectivity index (χ1v) is 7.96. The SMILES string of the molecule is CC1(C)OB(c2cccnc2N2CCCCC2)OC1(C)C. The highest BCUT2D eigenvalue weighted by Gasteiger charge is 2.52. The molecule has 0 N–H and O–H groups in total. The van der Waals surface area contributed by atoms with E-state index in [2.05, 4.69) is 43.6 Å². The molecular weight excluding hydrogens is 263 g/mol. The van der Waals surface area contributed by atoms with Crippen molar-refractivity contribution in [3.8, 4) is 0 Å². The van der Waals surface area contributed by atoms with Gasteiger partial charge in [0.2, 0.25) is 0 Å². The van der Waals surface area contributed by atoms with Crippen LogP contribution in [0.1, 0.15) is 47.0 Å². The second-order valence-electron chi connectivity index (χ2n) is 7.05. The van der Waals surface area contributed by atoms with E-state index in [1.165, 1.54) is 19.3 Å². The molecule has 4 nitrogen and oxygen atoms in total. The molecular formula is C16H25BN2O2. The van der Waals surface area contributed by atoms with Gasteiger partial charge in [-0.15, -0.1) is 0 Å². The van der Waals surface area contributed by atoms with Gasteiger partial charge in [0.15, 0.2) is 0 Å². The predicted molar refractivity (Wildman–Crippen MR) is 86.0 cm³/mol. The minimum atomic E-state index is -0.333. The molecule has 1 aromatic heterocycles. The second-order valence-corrected chi connectivity index (χ2v) is 7.05. The van der Waals surface area contributed by atoms with Crippen molar-refractivity contribution in [2.45, 2.75) is 58.2 Å². The van der Waals surface area contributed by atoms with Crippen LogP contribution < -0.4 is 10.4 Å². The monoisotopic (exact) mass is 288 g/mol. The van der Waals surface area contributed by atoms with E-state index in [1.807, 2.05) is 12.3 Å². The number of pyridine rings is 1. The average Bonchev–Trinajstić information content (AvgIpc) is 2.68. The van der Waals surface area contributed by atoms with Gasteiger partial charge in [0.1, 0.15) is 5.82 Å². The van der Waals surface area contributed by atoms with Gasteiger partial charge in [-0.25, -0.2) is 4.98 Å². The fourth-order valence-electron chi connectivity index (χ4n) is 2.93. The Hall–Kier alpha value is -1.07. The van der Waals surface area contributed by atoms with Crippen molar-refractivity contribution in [2.75, 3.05) is 18.0 Å². The summed E-state index contributed by atoms with van der Waals surface area (Å²) in [7, 11) is -0.333. The molecule has 5 heteroatoms. The average molecular weight is 288 g/mol. The number of nitrogens with zero attached hydrogens (tertiary/aromatic N) is 2. The van der Waals surface area contributed by atoms with Crippen molar-refractivity contribution in [1.29, 1.82) is 0 Å². The highest BCUT2D eigenvalue weighted by Crippen LogP contribution is 2.37. The summed E-state index contributed by atoms with van der Waals surface area (Å²) in [6, 6.07) is 4.05. The van der Waals surface area contributed by atoms with Gasteiger partial charge in [-0.1, -0.05) is 6.07 Å². The fourth-order valence-corrected chi connectivity index (χ4v) is 2.93. The molecule has 0 radical (unpaired) electrons. The number of anilines is 1. The van der Waals surface area contributed by atoms with Crippen LogP contribution in [0.25, 0.3) is 0 Å². The quantitative estimate of drug-likeness (QED) is 0.783. The summed E-state index contributed by atoms with van der Waals surface area (Å²) >= 11 is 0. The molecule has 1 aromatic rings. The third kappa shape index (κ3) is 2.69. The van der Waals surface area contributed by atoms with Crippen molar-refractivity contribution >= 4 is 18.4 Å². The minimum absolute atomic E-state index is 0.313. The smallest absolute Gasteiger partial charge is 0.399 e. The van der Waals surface area contributed by atoms with Gasteiger partial charge in [-0.3, -0.25) is 0 Å². The van der Waals surface area contributed by atoms with Gasteiger partial charge < -0.3 is 14.2 Å². The minimum Gasteiger partial charge on any atom is -0.399 e. The van der Waals surface area contributed by atoms with Crippen LogP contribution >= 0.6 is 0 Å². The van der Waals surface area contributed by atoms with Crippen LogP contribution in [-0.2, 0) is 9.31 Å². The lowest BCUT2D eigenvalue weighted by molar-refractivity contribution is 0.00578. The summed E-state index contributed by atoms with van der Waals surface area (Å²) in [5.74, 6) is 1.02. The molecule has 0 spiro atoms. The molecule has 114 valence electrons. The number of piperidine rings is 1. The maximum Gasteiger partial charge on any atom is 0.498 e. The predicted octanol–water partition coefficient (Wildman–Crippen LogP) is 2.37. The summed E-state index contributed by atoms with van der Waals surface area (Å²) in [4.78, 5) is 6.97. The molecule has 2 aliphatic heterocycles. The van der Waals surface area contributed by atoms with E-state index in [4.69, 9.17) is 9.31 Å². The lowest BCUT2D eigenvalue weighted by Gasteiger charge is -2.32. The van der Waals surface area contributed by atoms with Crippen molar-refractivity contribution in [1.82, 2.24) is 4.98 Å². The van der Waals surface area contributed by atoms with E-state index >= 15 is 0 Å². The first-order valence-electron chi connectivity index (χ1n) is 7.96. The lowest BCUT2D eigenvalue weighted by Crippen LogP contribution is -2.41. The topological polar surface area (TPSA) is 34.6 Å². The highest BCUT2D eigenvalue weighted by atomic mass is 16.7. The van der Waals surface area contributed by atoms with Crippen LogP contribution in [-0.4, -0.2) is 36.4 Å². The molecule has 2 saturated heterocycles. The van der Waals surface area contributed by atoms with E-state index < -0.39 is 0 Å². The maximum absolute atomic E-state index is 6.19. The van der Waals surface area contributed by atoms with E-state index in [0.717, 1.165) is 24.4 Å². The Morgan fingerprint density at radius 2 is 1.67 bits per heavy atom. The van der Waals surface area contributed by atoms with Crippen molar-refractivity contribution in [3.63, 3.8) is 0 Å². The van der Waals surface area contributed by atoms with Crippen molar-refractivity contribution in [3.05, 3.63) is 18.3 Å². The zero-order valence-electron chi connectivity index (χ0n) is 13.6. The first kappa shape index (κ1) is 14.9. The number of hydrogen-bond donors (Lipinski definition) is 0. The van der Waals surface area contributed by atoms with E-state index in [9.17, 15) is 0 Å². The van der Waals surface area contributed by atoms with E-state index in [-0.39, 0.29) is 18.3 Å². The highest BCUT2D eigenvalue weighted by molar-refractivity contribution is 6.63. The van der Waals surface area contributed by atoms with Crippen LogP contribution in [0.3, 0.4) is 0 Å². The molecule has 0 saturated carbocycles. The van der Waals surface area contributed by atoms with Gasteiger partial charge in [0.25, 0.3) is 0 Å². The van der Waals surface area contributed by atoms with E-state index in [1.54, 1.807) is 0 Å². The molecule has 2 fully saturated rings. The second kappa shape index (κ2) is 5.29. The zero-order chi connectivity index (χ0) is 15.1. The van der Waals surface area contributed by atoms with Gasteiger partial charge in [-0.05, 0) is 53.0 Å². The Kier molecular flexibility index (Phi) is 3.74. The van der Waals surface area contributed by atoms with Crippen LogP contribution in [0, 0.1) is 0 Å². The summed E-state index contributed by atoms with van der Waals surface area (Å²) in [6.45, 7) is 10.5. The van der Waals surface area contributed by atoms with Crippen LogP contribution in [0.5, 0.6) is 0 Å². The third-order valence-electron chi connectivity index (χ3n) is 4.98. The standard InChI is InChI=1S/C16H25BN2O2/c1-15(2)16(3,4)21-17(20-15)13-9-8-10-18-14(13)19-11-6-5-7-12-19/h8-10H,5-7,11-12H2,1-4H3. The molecule has 0 aliphatic carbocycles. The van der Waals surface area contributed by atoms with E-state index in [0.29, 0.717) is 0 Å². The Morgan fingerprint density at radius 3 is 2.29 bits per heavy atom. The van der Waals surface area contributed by atoms with Crippen LogP contribution in [0.2, 0.25) is 0 Å². The molecule has 0 amide bonds. The Labute approximate surface area is 128 Å². The number of aromatic nitrogens is 1. The van der Waals surface area contributed by atoms with Gasteiger partial charge in [-0.2, -0.15) is 0 Å². The molecule has 3 rings (SSSR count). The summed E-state index contributed by atoms with van der Waals surface area (Å²) in [5.41, 5.74) is 0.428. The Bertz CT molecular complexity index is 497. The van der Waals surface area contributed by atoms with Crippen molar-refractivity contribution in [2.24, 2.45) is 0 Å². The molecule has 0 atom stereocenters. The third-order valence-corrected chi connectivity index (χ3v) is 4.98. The molecule has 21 heavy (non-hydrogen) atoms. The molecule has 0 aromatic carbocycles. The summed E-state index contributed by atoms with van der Waals surface area (Å²) in [6.07, 6.45) is 5.65. The summed E-state index contributed by atoms with van der Waals surface area (Å²) in [5, 5.41) is 0. The molecule has 2 aliphatic rings. The zero-order valence-corrected chi connectivity index (χ0v) is 13.6. The maximum atomic E-state index is 6.19. The lowest BCUT2D eigenvalue weighted by atomic mass is 9.79. The Morgan fingerprint density at radius 1 is 1.05 bits per heavy atom. The van der Waals surface area contributed by atoms with Crippen molar-refractivity contribution < 1.29 is 9.31 Å². The van der Waals surface area contributed by atoms with Crippen LogP contribution in [0.4, 0.5) is 5.82 Å². The largest absolute Gasteiger partial charge is 0.498 e. The van der Waals surface area contributed by atoms with Gasteiger partial charge in [0, 0.05) is 24.7 Å². The normalized spacial score (nSPS) is 24.4. The molecule has 0 unspecified atom stereocenters. The summed E-state index contributed by atoms with van der Waals surface area (Å²) < 4.78 is 12.4. The number of rotatable bonds is 2. The number of hydrogen-bond acceptors (Lipinski definition) is 4. The van der Waals surface area contributed by atoms with Crippen LogP contribution in [0.15, 0.2) is 18.3 Å². The fraction of sp³-hybridized carbons (Fsp3) is 0.688. The Balaban J connectivity index is 1.89. The van der Waals surface area contributed by atoms with Gasteiger partial charge in [0.05, 0.1) is 11.2 Å². The van der Waals surface area contributed by atoms with Gasteiger partial charge >= 0.3 is 7.12 Å².